The van der Waals surface area contributed by atoms with Crippen LogP contribution in [0.1, 0.15) is 65.7 Å². The van der Waals surface area contributed by atoms with Gasteiger partial charge in [-0.1, -0.05) is 33.6 Å². The molecule has 106 valence electrons. The van der Waals surface area contributed by atoms with Crippen molar-refractivity contribution in [2.24, 2.45) is 11.3 Å². The molecule has 0 aromatic carbocycles. The second-order valence-electron chi connectivity index (χ2n) is 7.45. The molecule has 1 aliphatic carbocycles. The molecule has 2 nitrogen and oxygen atoms in total. The summed E-state index contributed by atoms with van der Waals surface area (Å²) in [4.78, 5) is 2.59. The zero-order chi connectivity index (χ0) is 13.2. The molecule has 0 spiro atoms. The molecular weight excluding hydrogens is 222 g/mol. The average molecular weight is 253 g/mol. The van der Waals surface area contributed by atoms with Gasteiger partial charge in [0, 0.05) is 6.04 Å². The minimum atomic E-state index is -0.0649. The third-order valence-corrected chi connectivity index (χ3v) is 5.15. The molecule has 2 heteroatoms. The third-order valence-electron chi connectivity index (χ3n) is 5.15. The van der Waals surface area contributed by atoms with E-state index in [4.69, 9.17) is 0 Å². The maximum Gasteiger partial charge on any atom is 0.0695 e. The monoisotopic (exact) mass is 253 g/mol. The minimum absolute atomic E-state index is 0.0649. The molecule has 0 radical (unpaired) electrons. The van der Waals surface area contributed by atoms with E-state index in [9.17, 15) is 5.11 Å². The highest BCUT2D eigenvalue weighted by Crippen LogP contribution is 2.35. The summed E-state index contributed by atoms with van der Waals surface area (Å²) in [5.41, 5.74) is 0.446. The third kappa shape index (κ3) is 3.48. The fourth-order valence-corrected chi connectivity index (χ4v) is 3.83. The van der Waals surface area contributed by atoms with Gasteiger partial charge in [0.25, 0.3) is 0 Å². The fraction of sp³-hybridized carbons (Fsp3) is 1.00. The lowest BCUT2D eigenvalue weighted by molar-refractivity contribution is 0.0201. The summed E-state index contributed by atoms with van der Waals surface area (Å²) in [7, 11) is 0. The van der Waals surface area contributed by atoms with E-state index in [0.717, 1.165) is 12.3 Å². The molecule has 2 aliphatic rings. The van der Waals surface area contributed by atoms with E-state index in [0.29, 0.717) is 11.5 Å². The van der Waals surface area contributed by atoms with Crippen LogP contribution in [0.3, 0.4) is 0 Å². The molecule has 2 rings (SSSR count). The predicted molar refractivity (Wildman–Crippen MR) is 76.6 cm³/mol. The van der Waals surface area contributed by atoms with E-state index in [1.165, 1.54) is 51.6 Å². The molecule has 1 aliphatic heterocycles. The van der Waals surface area contributed by atoms with Crippen molar-refractivity contribution in [3.8, 4) is 0 Å². The van der Waals surface area contributed by atoms with Crippen molar-refractivity contribution in [3.63, 3.8) is 0 Å². The van der Waals surface area contributed by atoms with Gasteiger partial charge in [0.15, 0.2) is 0 Å². The normalized spacial score (nSPS) is 36.3. The largest absolute Gasteiger partial charge is 0.391 e. The van der Waals surface area contributed by atoms with Crippen LogP contribution in [0, 0.1) is 11.3 Å². The minimum Gasteiger partial charge on any atom is -0.391 e. The highest BCUT2D eigenvalue weighted by atomic mass is 16.3. The smallest absolute Gasteiger partial charge is 0.0695 e. The molecule has 1 unspecified atom stereocenters. The van der Waals surface area contributed by atoms with Crippen molar-refractivity contribution in [2.75, 3.05) is 13.1 Å². The zero-order valence-corrected chi connectivity index (χ0v) is 12.5. The Labute approximate surface area is 113 Å². The molecule has 1 saturated heterocycles. The molecule has 1 saturated carbocycles. The summed E-state index contributed by atoms with van der Waals surface area (Å²) < 4.78 is 0. The molecule has 2 fully saturated rings. The number of rotatable bonds is 1. The summed E-state index contributed by atoms with van der Waals surface area (Å²) >= 11 is 0. The van der Waals surface area contributed by atoms with Gasteiger partial charge < -0.3 is 5.11 Å². The molecule has 3 atom stereocenters. The Bertz CT molecular complexity index is 258. The van der Waals surface area contributed by atoms with E-state index in [-0.39, 0.29) is 6.10 Å². The Morgan fingerprint density at radius 2 is 1.61 bits per heavy atom. The Morgan fingerprint density at radius 1 is 0.889 bits per heavy atom. The summed E-state index contributed by atoms with van der Waals surface area (Å²) in [6, 6.07) is 0.456. The maximum absolute atomic E-state index is 10.2. The van der Waals surface area contributed by atoms with Crippen LogP contribution in [0.5, 0.6) is 0 Å². The van der Waals surface area contributed by atoms with E-state index >= 15 is 0 Å². The van der Waals surface area contributed by atoms with Crippen molar-refractivity contribution in [1.29, 1.82) is 0 Å². The van der Waals surface area contributed by atoms with Gasteiger partial charge >= 0.3 is 0 Å². The lowest BCUT2D eigenvalue weighted by Crippen LogP contribution is -2.46. The number of hydrogen-bond acceptors (Lipinski definition) is 2. The average Bonchev–Trinajstić information content (AvgIpc) is 2.54. The van der Waals surface area contributed by atoms with Gasteiger partial charge in [0.05, 0.1) is 6.10 Å². The lowest BCUT2D eigenvalue weighted by atomic mass is 9.77. The maximum atomic E-state index is 10.2. The van der Waals surface area contributed by atoms with Crippen LogP contribution in [0.25, 0.3) is 0 Å². The number of likely N-dealkylation sites (tertiary alicyclic amines) is 1. The Balaban J connectivity index is 1.92. The lowest BCUT2D eigenvalue weighted by Gasteiger charge is -2.37. The number of aliphatic hydroxyl groups excluding tert-OH is 1. The van der Waals surface area contributed by atoms with Gasteiger partial charge in [-0.25, -0.2) is 0 Å². The van der Waals surface area contributed by atoms with Crippen molar-refractivity contribution >= 4 is 0 Å². The first-order chi connectivity index (χ1) is 8.48. The highest BCUT2D eigenvalue weighted by molar-refractivity contribution is 4.86. The summed E-state index contributed by atoms with van der Waals surface area (Å²) in [6.07, 6.45) is 8.67. The van der Waals surface area contributed by atoms with Crippen molar-refractivity contribution in [1.82, 2.24) is 4.90 Å². The highest BCUT2D eigenvalue weighted by Gasteiger charge is 2.32. The first-order valence-corrected chi connectivity index (χ1v) is 7.90. The molecule has 0 amide bonds. The van der Waals surface area contributed by atoms with Crippen LogP contribution in [-0.4, -0.2) is 35.2 Å². The van der Waals surface area contributed by atoms with Crippen LogP contribution in [0.2, 0.25) is 0 Å². The first-order valence-electron chi connectivity index (χ1n) is 7.90. The fourth-order valence-electron chi connectivity index (χ4n) is 3.83. The molecule has 18 heavy (non-hydrogen) atoms. The van der Waals surface area contributed by atoms with Crippen LogP contribution < -0.4 is 0 Å². The van der Waals surface area contributed by atoms with E-state index in [1.54, 1.807) is 0 Å². The van der Waals surface area contributed by atoms with Gasteiger partial charge in [-0.2, -0.15) is 0 Å². The number of aliphatic hydroxyl groups is 1. The number of hydrogen-bond donors (Lipinski definition) is 1. The first kappa shape index (κ1) is 14.3. The summed E-state index contributed by atoms with van der Waals surface area (Å²) in [6.45, 7) is 9.53. The van der Waals surface area contributed by atoms with Crippen LogP contribution >= 0.6 is 0 Å². The topological polar surface area (TPSA) is 23.5 Å². The molecule has 1 heterocycles. The van der Waals surface area contributed by atoms with Crippen molar-refractivity contribution in [3.05, 3.63) is 0 Å². The molecular formula is C16H31NO. The van der Waals surface area contributed by atoms with Crippen LogP contribution in [0.15, 0.2) is 0 Å². The molecule has 1 N–H and O–H groups in total. The van der Waals surface area contributed by atoms with Gasteiger partial charge in [-0.15, -0.1) is 0 Å². The SMILES string of the molecule is CC(C)(C)C1CCCN([C@@H]2CCCC[C@H]2O)CC1. The van der Waals surface area contributed by atoms with Crippen molar-refractivity contribution < 1.29 is 5.11 Å². The molecule has 0 aromatic heterocycles. The van der Waals surface area contributed by atoms with Gasteiger partial charge in [-0.05, 0) is 56.5 Å². The Kier molecular flexibility index (Phi) is 4.71. The van der Waals surface area contributed by atoms with Crippen LogP contribution in [-0.2, 0) is 0 Å². The predicted octanol–water partition coefficient (Wildman–Crippen LogP) is 3.44. The Morgan fingerprint density at radius 3 is 2.28 bits per heavy atom. The zero-order valence-electron chi connectivity index (χ0n) is 12.5. The van der Waals surface area contributed by atoms with Gasteiger partial charge in [0.2, 0.25) is 0 Å². The molecule has 0 aromatic rings. The van der Waals surface area contributed by atoms with Crippen LogP contribution in [0.4, 0.5) is 0 Å². The van der Waals surface area contributed by atoms with Crippen molar-refractivity contribution in [2.45, 2.75) is 77.9 Å². The summed E-state index contributed by atoms with van der Waals surface area (Å²) in [5, 5.41) is 10.2. The molecule has 0 bridgehead atoms. The van der Waals surface area contributed by atoms with Gasteiger partial charge in [0.1, 0.15) is 0 Å². The van der Waals surface area contributed by atoms with E-state index in [2.05, 4.69) is 25.7 Å². The van der Waals surface area contributed by atoms with Gasteiger partial charge in [-0.3, -0.25) is 4.90 Å². The standard InChI is InChI=1S/C16H31NO/c1-16(2,3)13-7-6-11-17(12-10-13)14-8-4-5-9-15(14)18/h13-15,18H,4-12H2,1-3H3/t13?,14-,15-/m1/s1. The van der Waals surface area contributed by atoms with E-state index < -0.39 is 0 Å². The second kappa shape index (κ2) is 5.92. The van der Waals surface area contributed by atoms with E-state index in [1.807, 2.05) is 0 Å². The Hall–Kier alpha value is -0.0800. The quantitative estimate of drug-likeness (QED) is 0.774. The summed E-state index contributed by atoms with van der Waals surface area (Å²) in [5.74, 6) is 0.850. The number of nitrogens with zero attached hydrogens (tertiary/aromatic N) is 1. The second-order valence-corrected chi connectivity index (χ2v) is 7.45.